The van der Waals surface area contributed by atoms with Gasteiger partial charge < -0.3 is 14.8 Å². The van der Waals surface area contributed by atoms with Crippen LogP contribution in [-0.2, 0) is 11.3 Å². The van der Waals surface area contributed by atoms with Crippen molar-refractivity contribution in [2.75, 3.05) is 13.2 Å². The highest BCUT2D eigenvalue weighted by atomic mass is 16.5. The van der Waals surface area contributed by atoms with Crippen molar-refractivity contribution < 1.29 is 9.47 Å². The molecule has 1 fully saturated rings. The van der Waals surface area contributed by atoms with Crippen molar-refractivity contribution in [2.24, 2.45) is 5.92 Å². The van der Waals surface area contributed by atoms with Crippen LogP contribution in [0.2, 0.25) is 0 Å². The van der Waals surface area contributed by atoms with E-state index in [0.717, 1.165) is 37.4 Å². The predicted octanol–water partition coefficient (Wildman–Crippen LogP) is 2.77. The molecule has 20 heavy (non-hydrogen) atoms. The summed E-state index contributed by atoms with van der Waals surface area (Å²) in [7, 11) is 0. The monoisotopic (exact) mass is 278 g/mol. The van der Waals surface area contributed by atoms with Gasteiger partial charge in [0.2, 0.25) is 0 Å². The van der Waals surface area contributed by atoms with Gasteiger partial charge in [-0.3, -0.25) is 4.98 Å². The lowest BCUT2D eigenvalue weighted by Gasteiger charge is -2.13. The van der Waals surface area contributed by atoms with Crippen LogP contribution < -0.4 is 10.1 Å². The zero-order chi connectivity index (χ0) is 14.4. The molecule has 0 radical (unpaired) electrons. The molecule has 4 nitrogen and oxygen atoms in total. The van der Waals surface area contributed by atoms with Crippen molar-refractivity contribution in [3.05, 3.63) is 24.0 Å². The molecule has 1 aromatic rings. The average Bonchev–Trinajstić information content (AvgIpc) is 2.83. The van der Waals surface area contributed by atoms with Gasteiger partial charge in [-0.2, -0.15) is 0 Å². The highest BCUT2D eigenvalue weighted by Crippen LogP contribution is 2.20. The maximum absolute atomic E-state index is 5.73. The topological polar surface area (TPSA) is 43.4 Å². The smallest absolute Gasteiger partial charge is 0.137 e. The summed E-state index contributed by atoms with van der Waals surface area (Å²) in [5.74, 6) is 1.48. The third-order valence-corrected chi connectivity index (χ3v) is 3.41. The van der Waals surface area contributed by atoms with E-state index >= 15 is 0 Å². The zero-order valence-electron chi connectivity index (χ0n) is 12.8. The van der Waals surface area contributed by atoms with Crippen LogP contribution in [0.25, 0.3) is 0 Å². The number of nitrogens with zero attached hydrogens (tertiary/aromatic N) is 1. The number of aromatic nitrogens is 1. The van der Waals surface area contributed by atoms with Gasteiger partial charge in [-0.25, -0.2) is 0 Å². The Bertz CT molecular complexity index is 392. The van der Waals surface area contributed by atoms with Gasteiger partial charge in [0.05, 0.1) is 24.1 Å². The third kappa shape index (κ3) is 5.10. The number of pyridine rings is 1. The van der Waals surface area contributed by atoms with Crippen LogP contribution in [0, 0.1) is 5.92 Å². The third-order valence-electron chi connectivity index (χ3n) is 3.41. The summed E-state index contributed by atoms with van der Waals surface area (Å²) in [4.78, 5) is 4.41. The van der Waals surface area contributed by atoms with E-state index in [1.165, 1.54) is 0 Å². The fourth-order valence-electron chi connectivity index (χ4n) is 2.29. The van der Waals surface area contributed by atoms with Gasteiger partial charge in [0, 0.05) is 6.54 Å². The van der Waals surface area contributed by atoms with Crippen molar-refractivity contribution in [2.45, 2.75) is 52.4 Å². The lowest BCUT2D eigenvalue weighted by atomic mass is 10.2. The predicted molar refractivity (Wildman–Crippen MR) is 79.8 cm³/mol. The summed E-state index contributed by atoms with van der Waals surface area (Å²) in [6, 6.07) is 4.00. The lowest BCUT2D eigenvalue weighted by molar-refractivity contribution is 0.0264. The van der Waals surface area contributed by atoms with E-state index in [2.05, 4.69) is 31.1 Å². The summed E-state index contributed by atoms with van der Waals surface area (Å²) in [5.41, 5.74) is 1.05. The normalized spacial score (nSPS) is 22.4. The minimum Gasteiger partial charge on any atom is -0.489 e. The Hall–Kier alpha value is -1.13. The molecule has 0 bridgehead atoms. The van der Waals surface area contributed by atoms with Gasteiger partial charge in [-0.05, 0) is 44.4 Å². The molecule has 0 spiro atoms. The number of rotatable bonds is 7. The first kappa shape index (κ1) is 15.3. The van der Waals surface area contributed by atoms with Crippen LogP contribution in [-0.4, -0.2) is 30.3 Å². The minimum absolute atomic E-state index is 0.234. The van der Waals surface area contributed by atoms with Crippen LogP contribution >= 0.6 is 0 Å². The fraction of sp³-hybridized carbons (Fsp3) is 0.688. The maximum Gasteiger partial charge on any atom is 0.137 e. The maximum atomic E-state index is 5.73. The lowest BCUT2D eigenvalue weighted by Crippen LogP contribution is -2.20. The average molecular weight is 278 g/mol. The second-order valence-corrected chi connectivity index (χ2v) is 5.97. The molecule has 1 aromatic heterocycles. The summed E-state index contributed by atoms with van der Waals surface area (Å²) < 4.78 is 11.5. The molecule has 1 saturated heterocycles. The summed E-state index contributed by atoms with van der Waals surface area (Å²) in [6.07, 6.45) is 4.62. The number of hydrogen-bond acceptors (Lipinski definition) is 4. The Labute approximate surface area is 121 Å². The van der Waals surface area contributed by atoms with Crippen LogP contribution in [0.4, 0.5) is 0 Å². The van der Waals surface area contributed by atoms with Crippen molar-refractivity contribution in [3.63, 3.8) is 0 Å². The quantitative estimate of drug-likeness (QED) is 0.833. The molecule has 2 heterocycles. The number of nitrogens with one attached hydrogen (secondary N) is 1. The molecule has 1 N–H and O–H groups in total. The molecule has 0 aliphatic carbocycles. The molecule has 2 atom stereocenters. The molecular formula is C16H26N2O2. The van der Waals surface area contributed by atoms with E-state index in [4.69, 9.17) is 9.47 Å². The van der Waals surface area contributed by atoms with Gasteiger partial charge in [-0.15, -0.1) is 0 Å². The first-order chi connectivity index (χ1) is 9.63. The Balaban J connectivity index is 1.71. The van der Waals surface area contributed by atoms with Crippen molar-refractivity contribution >= 4 is 0 Å². The van der Waals surface area contributed by atoms with E-state index in [-0.39, 0.29) is 6.10 Å². The zero-order valence-corrected chi connectivity index (χ0v) is 12.8. The standard InChI is InChI=1S/C16H26N2O2/c1-12(2)8-17-9-14-5-7-15(10-18-14)19-11-16-6-4-13(3)20-16/h5,7,10,12-13,16-17H,4,6,8-9,11H2,1-3H3. The number of ether oxygens (including phenoxy) is 2. The van der Waals surface area contributed by atoms with Gasteiger partial charge in [-0.1, -0.05) is 13.8 Å². The van der Waals surface area contributed by atoms with Crippen LogP contribution in [0.15, 0.2) is 18.3 Å². The molecule has 0 amide bonds. The Kier molecular flexibility index (Phi) is 5.80. The molecule has 0 aromatic carbocycles. The van der Waals surface area contributed by atoms with Gasteiger partial charge in [0.25, 0.3) is 0 Å². The van der Waals surface area contributed by atoms with E-state index in [1.54, 1.807) is 6.20 Å². The van der Waals surface area contributed by atoms with Gasteiger partial charge in [0.15, 0.2) is 0 Å². The van der Waals surface area contributed by atoms with Crippen LogP contribution in [0.5, 0.6) is 5.75 Å². The second-order valence-electron chi connectivity index (χ2n) is 5.97. The molecule has 2 rings (SSSR count). The van der Waals surface area contributed by atoms with Crippen LogP contribution in [0.3, 0.4) is 0 Å². The molecule has 4 heteroatoms. The summed E-state index contributed by atoms with van der Waals surface area (Å²) >= 11 is 0. The first-order valence-corrected chi connectivity index (χ1v) is 7.57. The Morgan fingerprint density at radius 3 is 2.85 bits per heavy atom. The van der Waals surface area contributed by atoms with Crippen molar-refractivity contribution in [1.82, 2.24) is 10.3 Å². The molecule has 112 valence electrons. The van der Waals surface area contributed by atoms with Gasteiger partial charge >= 0.3 is 0 Å². The van der Waals surface area contributed by atoms with E-state index in [9.17, 15) is 0 Å². The Morgan fingerprint density at radius 1 is 1.40 bits per heavy atom. The Morgan fingerprint density at radius 2 is 2.25 bits per heavy atom. The summed E-state index contributed by atoms with van der Waals surface area (Å²) in [5, 5.41) is 3.38. The van der Waals surface area contributed by atoms with Crippen molar-refractivity contribution in [3.8, 4) is 5.75 Å². The summed E-state index contributed by atoms with van der Waals surface area (Å²) in [6.45, 7) is 8.95. The van der Waals surface area contributed by atoms with Crippen LogP contribution in [0.1, 0.15) is 39.3 Å². The molecular weight excluding hydrogens is 252 g/mol. The van der Waals surface area contributed by atoms with E-state index in [0.29, 0.717) is 18.6 Å². The van der Waals surface area contributed by atoms with E-state index < -0.39 is 0 Å². The number of hydrogen-bond donors (Lipinski definition) is 1. The molecule has 1 aliphatic heterocycles. The first-order valence-electron chi connectivity index (χ1n) is 7.57. The molecule has 2 unspecified atom stereocenters. The molecule has 0 saturated carbocycles. The highest BCUT2D eigenvalue weighted by Gasteiger charge is 2.22. The minimum atomic E-state index is 0.234. The highest BCUT2D eigenvalue weighted by molar-refractivity contribution is 5.19. The largest absolute Gasteiger partial charge is 0.489 e. The molecule has 1 aliphatic rings. The SMILES string of the molecule is CC(C)CNCc1ccc(OCC2CCC(C)O2)cn1. The van der Waals surface area contributed by atoms with Crippen molar-refractivity contribution in [1.29, 1.82) is 0 Å². The second kappa shape index (κ2) is 7.60. The van der Waals surface area contributed by atoms with E-state index in [1.807, 2.05) is 12.1 Å². The fourth-order valence-corrected chi connectivity index (χ4v) is 2.29. The van der Waals surface area contributed by atoms with Gasteiger partial charge in [0.1, 0.15) is 12.4 Å².